The summed E-state index contributed by atoms with van der Waals surface area (Å²) < 4.78 is 0. The standard InChI is InChI=1S/C17H26N2O/c1-16(2)10-9-12-7-5-6-8-13(12)14(16)19-11-17(3,4)15(18)20/h5-8,14,19H,9-11H2,1-4H3,(H2,18,20). The summed E-state index contributed by atoms with van der Waals surface area (Å²) in [6, 6.07) is 8.87. The van der Waals surface area contributed by atoms with Crippen LogP contribution in [0, 0.1) is 10.8 Å². The number of carbonyl (C=O) groups excluding carboxylic acids is 1. The van der Waals surface area contributed by atoms with E-state index in [4.69, 9.17) is 5.73 Å². The fourth-order valence-corrected chi connectivity index (χ4v) is 2.90. The predicted octanol–water partition coefficient (Wildman–Crippen LogP) is 2.80. The molecule has 0 radical (unpaired) electrons. The first-order valence-electron chi connectivity index (χ1n) is 7.35. The number of nitrogens with two attached hydrogens (primary N) is 1. The number of carbonyl (C=O) groups is 1. The van der Waals surface area contributed by atoms with Gasteiger partial charge in [0.2, 0.25) is 5.91 Å². The Balaban J connectivity index is 2.23. The first-order chi connectivity index (χ1) is 9.24. The molecule has 1 unspecified atom stereocenters. The van der Waals surface area contributed by atoms with Crippen molar-refractivity contribution in [3.63, 3.8) is 0 Å². The van der Waals surface area contributed by atoms with E-state index in [9.17, 15) is 4.79 Å². The summed E-state index contributed by atoms with van der Waals surface area (Å²) in [7, 11) is 0. The Labute approximate surface area is 121 Å². The molecule has 110 valence electrons. The first-order valence-corrected chi connectivity index (χ1v) is 7.35. The van der Waals surface area contributed by atoms with E-state index in [1.807, 2.05) is 13.8 Å². The average molecular weight is 274 g/mol. The lowest BCUT2D eigenvalue weighted by Gasteiger charge is -2.42. The minimum Gasteiger partial charge on any atom is -0.369 e. The number of benzene rings is 1. The lowest BCUT2D eigenvalue weighted by molar-refractivity contribution is -0.125. The van der Waals surface area contributed by atoms with Crippen molar-refractivity contribution in [2.24, 2.45) is 16.6 Å². The number of amides is 1. The Morgan fingerprint density at radius 2 is 2.05 bits per heavy atom. The zero-order valence-electron chi connectivity index (χ0n) is 13.0. The van der Waals surface area contributed by atoms with Crippen LogP contribution in [0.2, 0.25) is 0 Å². The largest absolute Gasteiger partial charge is 0.369 e. The topological polar surface area (TPSA) is 55.1 Å². The minimum absolute atomic E-state index is 0.183. The van der Waals surface area contributed by atoms with Gasteiger partial charge in [0.25, 0.3) is 0 Å². The zero-order valence-corrected chi connectivity index (χ0v) is 13.0. The first kappa shape index (κ1) is 15.0. The van der Waals surface area contributed by atoms with Gasteiger partial charge in [0, 0.05) is 12.6 Å². The molecule has 0 spiro atoms. The molecular weight excluding hydrogens is 248 g/mol. The SMILES string of the molecule is CC(C)(CNC1c2ccccc2CCC1(C)C)C(N)=O. The molecule has 0 saturated carbocycles. The molecule has 3 N–H and O–H groups in total. The number of nitrogens with one attached hydrogen (secondary N) is 1. The van der Waals surface area contributed by atoms with Crippen LogP contribution in [0.3, 0.4) is 0 Å². The molecule has 0 saturated heterocycles. The average Bonchev–Trinajstić information content (AvgIpc) is 2.36. The van der Waals surface area contributed by atoms with Crippen molar-refractivity contribution >= 4 is 5.91 Å². The molecule has 20 heavy (non-hydrogen) atoms. The molecule has 0 bridgehead atoms. The van der Waals surface area contributed by atoms with E-state index in [1.165, 1.54) is 11.1 Å². The third-order valence-electron chi connectivity index (χ3n) is 4.60. The van der Waals surface area contributed by atoms with Crippen LogP contribution in [0.5, 0.6) is 0 Å². The summed E-state index contributed by atoms with van der Waals surface area (Å²) in [5, 5.41) is 3.59. The smallest absolute Gasteiger partial charge is 0.224 e. The van der Waals surface area contributed by atoms with E-state index in [1.54, 1.807) is 0 Å². The lowest BCUT2D eigenvalue weighted by atomic mass is 9.70. The highest BCUT2D eigenvalue weighted by molar-refractivity contribution is 5.80. The van der Waals surface area contributed by atoms with Gasteiger partial charge >= 0.3 is 0 Å². The highest BCUT2D eigenvalue weighted by Crippen LogP contribution is 2.43. The molecular formula is C17H26N2O. The van der Waals surface area contributed by atoms with Crippen molar-refractivity contribution in [2.45, 2.75) is 46.6 Å². The Hall–Kier alpha value is -1.35. The Bertz CT molecular complexity index is 505. The van der Waals surface area contributed by atoms with Gasteiger partial charge in [-0.2, -0.15) is 0 Å². The second-order valence-corrected chi connectivity index (χ2v) is 7.25. The van der Waals surface area contributed by atoms with Gasteiger partial charge in [0.1, 0.15) is 0 Å². The number of fused-ring (bicyclic) bond motifs is 1. The van der Waals surface area contributed by atoms with E-state index in [0.29, 0.717) is 6.54 Å². The van der Waals surface area contributed by atoms with Gasteiger partial charge in [-0.25, -0.2) is 0 Å². The molecule has 0 heterocycles. The third kappa shape index (κ3) is 2.88. The van der Waals surface area contributed by atoms with Crippen LogP contribution in [0.4, 0.5) is 0 Å². The number of rotatable bonds is 4. The second-order valence-electron chi connectivity index (χ2n) is 7.25. The normalized spacial score (nSPS) is 21.3. The number of hydrogen-bond donors (Lipinski definition) is 2. The molecule has 0 aromatic heterocycles. The summed E-state index contributed by atoms with van der Waals surface area (Å²) in [6.07, 6.45) is 2.28. The van der Waals surface area contributed by atoms with Crippen molar-refractivity contribution in [1.82, 2.24) is 5.32 Å². The maximum Gasteiger partial charge on any atom is 0.224 e. The van der Waals surface area contributed by atoms with Crippen molar-refractivity contribution in [2.75, 3.05) is 6.54 Å². The van der Waals surface area contributed by atoms with Crippen LogP contribution in [0.15, 0.2) is 24.3 Å². The van der Waals surface area contributed by atoms with Crippen molar-refractivity contribution in [3.05, 3.63) is 35.4 Å². The van der Waals surface area contributed by atoms with Gasteiger partial charge in [0.15, 0.2) is 0 Å². The summed E-state index contributed by atoms with van der Waals surface area (Å²) in [6.45, 7) is 8.97. The van der Waals surface area contributed by atoms with Crippen molar-refractivity contribution in [1.29, 1.82) is 0 Å². The van der Waals surface area contributed by atoms with E-state index < -0.39 is 5.41 Å². The van der Waals surface area contributed by atoms with E-state index >= 15 is 0 Å². The predicted molar refractivity (Wildman–Crippen MR) is 82.3 cm³/mol. The molecule has 1 aromatic carbocycles. The third-order valence-corrected chi connectivity index (χ3v) is 4.60. The number of aryl methyl sites for hydroxylation is 1. The monoisotopic (exact) mass is 274 g/mol. The molecule has 1 aromatic rings. The molecule has 2 rings (SSSR count). The fourth-order valence-electron chi connectivity index (χ4n) is 2.90. The van der Waals surface area contributed by atoms with Crippen LogP contribution in [0.1, 0.15) is 51.3 Å². The maximum atomic E-state index is 11.5. The van der Waals surface area contributed by atoms with Crippen LogP contribution in [0.25, 0.3) is 0 Å². The summed E-state index contributed by atoms with van der Waals surface area (Å²) in [4.78, 5) is 11.5. The van der Waals surface area contributed by atoms with Crippen LogP contribution in [-0.2, 0) is 11.2 Å². The molecule has 1 aliphatic carbocycles. The van der Waals surface area contributed by atoms with E-state index in [2.05, 4.69) is 43.4 Å². The highest BCUT2D eigenvalue weighted by atomic mass is 16.1. The van der Waals surface area contributed by atoms with E-state index in [0.717, 1.165) is 12.8 Å². The number of primary amides is 1. The Morgan fingerprint density at radius 1 is 1.40 bits per heavy atom. The van der Waals surface area contributed by atoms with Gasteiger partial charge in [-0.15, -0.1) is 0 Å². The zero-order chi connectivity index (χ0) is 15.0. The van der Waals surface area contributed by atoms with Gasteiger partial charge in [-0.3, -0.25) is 4.79 Å². The van der Waals surface area contributed by atoms with E-state index in [-0.39, 0.29) is 17.4 Å². The molecule has 1 aliphatic rings. The molecule has 3 nitrogen and oxygen atoms in total. The Morgan fingerprint density at radius 3 is 2.70 bits per heavy atom. The molecule has 1 amide bonds. The van der Waals surface area contributed by atoms with Gasteiger partial charge in [-0.05, 0) is 43.2 Å². The number of hydrogen-bond acceptors (Lipinski definition) is 2. The highest BCUT2D eigenvalue weighted by Gasteiger charge is 2.37. The van der Waals surface area contributed by atoms with Gasteiger partial charge in [0.05, 0.1) is 5.41 Å². The lowest BCUT2D eigenvalue weighted by Crippen LogP contribution is -2.46. The maximum absolute atomic E-state index is 11.5. The van der Waals surface area contributed by atoms with Crippen molar-refractivity contribution < 1.29 is 4.79 Å². The summed E-state index contributed by atoms with van der Waals surface area (Å²) in [5.74, 6) is -0.257. The minimum atomic E-state index is -0.525. The molecule has 1 atom stereocenters. The quantitative estimate of drug-likeness (QED) is 0.887. The summed E-state index contributed by atoms with van der Waals surface area (Å²) >= 11 is 0. The van der Waals surface area contributed by atoms with Crippen LogP contribution < -0.4 is 11.1 Å². The Kier molecular flexibility index (Phi) is 3.92. The van der Waals surface area contributed by atoms with Crippen LogP contribution in [-0.4, -0.2) is 12.5 Å². The summed E-state index contributed by atoms with van der Waals surface area (Å²) in [5.41, 5.74) is 7.91. The van der Waals surface area contributed by atoms with Crippen LogP contribution >= 0.6 is 0 Å². The second kappa shape index (κ2) is 5.21. The van der Waals surface area contributed by atoms with Gasteiger partial charge in [-0.1, -0.05) is 38.1 Å². The van der Waals surface area contributed by atoms with Gasteiger partial charge < -0.3 is 11.1 Å². The fraction of sp³-hybridized carbons (Fsp3) is 0.588. The molecule has 0 aliphatic heterocycles. The van der Waals surface area contributed by atoms with Crippen molar-refractivity contribution in [3.8, 4) is 0 Å². The molecule has 3 heteroatoms. The molecule has 0 fully saturated rings.